The van der Waals surface area contributed by atoms with E-state index in [0.29, 0.717) is 6.61 Å². The molecule has 0 aliphatic rings. The molecule has 0 radical (unpaired) electrons. The first-order chi connectivity index (χ1) is 8.13. The Bertz CT molecular complexity index is 482. The second kappa shape index (κ2) is 5.04. The highest BCUT2D eigenvalue weighted by molar-refractivity contribution is 5.33. The summed E-state index contributed by atoms with van der Waals surface area (Å²) >= 11 is 0. The predicted octanol–water partition coefficient (Wildman–Crippen LogP) is 2.66. The fraction of sp³-hybridized carbons (Fsp3) is 0.357. The fourth-order valence-corrected chi connectivity index (χ4v) is 1.90. The SMILES string of the molecule is Cc1cc(C)cc(OCCc2cnn(C)c2)c1. The zero-order chi connectivity index (χ0) is 12.3. The summed E-state index contributed by atoms with van der Waals surface area (Å²) in [6.07, 6.45) is 4.79. The quantitative estimate of drug-likeness (QED) is 0.807. The van der Waals surface area contributed by atoms with Crippen LogP contribution in [0.15, 0.2) is 30.6 Å². The summed E-state index contributed by atoms with van der Waals surface area (Å²) in [5, 5.41) is 4.13. The summed E-state index contributed by atoms with van der Waals surface area (Å²) in [6.45, 7) is 4.86. The van der Waals surface area contributed by atoms with Gasteiger partial charge in [-0.1, -0.05) is 6.07 Å². The van der Waals surface area contributed by atoms with Crippen LogP contribution in [-0.2, 0) is 13.5 Å². The Hall–Kier alpha value is -1.77. The van der Waals surface area contributed by atoms with Crippen LogP contribution >= 0.6 is 0 Å². The van der Waals surface area contributed by atoms with Crippen molar-refractivity contribution in [3.8, 4) is 5.75 Å². The molecule has 17 heavy (non-hydrogen) atoms. The van der Waals surface area contributed by atoms with Crippen LogP contribution in [0.25, 0.3) is 0 Å². The van der Waals surface area contributed by atoms with Gasteiger partial charge in [0.1, 0.15) is 5.75 Å². The first-order valence-corrected chi connectivity index (χ1v) is 5.82. The minimum Gasteiger partial charge on any atom is -0.493 e. The van der Waals surface area contributed by atoms with Crippen LogP contribution in [-0.4, -0.2) is 16.4 Å². The lowest BCUT2D eigenvalue weighted by atomic mass is 10.1. The lowest BCUT2D eigenvalue weighted by molar-refractivity contribution is 0.321. The van der Waals surface area contributed by atoms with Gasteiger partial charge in [0.25, 0.3) is 0 Å². The van der Waals surface area contributed by atoms with Gasteiger partial charge in [0.15, 0.2) is 0 Å². The highest BCUT2D eigenvalue weighted by Gasteiger charge is 1.99. The van der Waals surface area contributed by atoms with E-state index < -0.39 is 0 Å². The average Bonchev–Trinajstić information content (AvgIpc) is 2.63. The molecular formula is C14H18N2O. The van der Waals surface area contributed by atoms with Gasteiger partial charge in [-0.15, -0.1) is 0 Å². The molecule has 0 aliphatic carbocycles. The predicted molar refractivity (Wildman–Crippen MR) is 68.3 cm³/mol. The summed E-state index contributed by atoms with van der Waals surface area (Å²) in [5.74, 6) is 0.950. The molecular weight excluding hydrogens is 212 g/mol. The summed E-state index contributed by atoms with van der Waals surface area (Å²) in [4.78, 5) is 0. The number of aromatic nitrogens is 2. The highest BCUT2D eigenvalue weighted by atomic mass is 16.5. The van der Waals surface area contributed by atoms with Gasteiger partial charge in [-0.3, -0.25) is 4.68 Å². The first-order valence-electron chi connectivity index (χ1n) is 5.82. The van der Waals surface area contributed by atoms with Gasteiger partial charge in [-0.2, -0.15) is 5.10 Å². The maximum Gasteiger partial charge on any atom is 0.119 e. The number of nitrogens with zero attached hydrogens (tertiary/aromatic N) is 2. The minimum absolute atomic E-state index is 0.689. The largest absolute Gasteiger partial charge is 0.493 e. The maximum atomic E-state index is 5.74. The summed E-state index contributed by atoms with van der Waals surface area (Å²) in [6, 6.07) is 6.28. The molecule has 0 saturated heterocycles. The number of benzene rings is 1. The van der Waals surface area contributed by atoms with E-state index in [1.807, 2.05) is 24.1 Å². The van der Waals surface area contributed by atoms with E-state index in [-0.39, 0.29) is 0 Å². The lowest BCUT2D eigenvalue weighted by Gasteiger charge is -2.07. The fourth-order valence-electron chi connectivity index (χ4n) is 1.90. The molecule has 3 nitrogen and oxygen atoms in total. The third-order valence-corrected chi connectivity index (χ3v) is 2.61. The van der Waals surface area contributed by atoms with Crippen LogP contribution in [0, 0.1) is 13.8 Å². The Labute approximate surface area is 102 Å². The second-order valence-electron chi connectivity index (χ2n) is 4.44. The lowest BCUT2D eigenvalue weighted by Crippen LogP contribution is -2.01. The van der Waals surface area contributed by atoms with Gasteiger partial charge >= 0.3 is 0 Å². The third kappa shape index (κ3) is 3.34. The molecule has 1 aromatic heterocycles. The smallest absolute Gasteiger partial charge is 0.119 e. The van der Waals surface area contributed by atoms with Crippen LogP contribution in [0.2, 0.25) is 0 Å². The van der Waals surface area contributed by atoms with Crippen molar-refractivity contribution < 1.29 is 4.74 Å². The average molecular weight is 230 g/mol. The zero-order valence-electron chi connectivity index (χ0n) is 10.6. The first kappa shape index (κ1) is 11.7. The van der Waals surface area contributed by atoms with Crippen molar-refractivity contribution in [3.63, 3.8) is 0 Å². The van der Waals surface area contributed by atoms with Crippen molar-refractivity contribution in [2.75, 3.05) is 6.61 Å². The molecule has 0 amide bonds. The monoisotopic (exact) mass is 230 g/mol. The Morgan fingerprint density at radius 1 is 1.18 bits per heavy atom. The molecule has 0 bridgehead atoms. The normalized spacial score (nSPS) is 10.5. The van der Waals surface area contributed by atoms with Gasteiger partial charge in [0.05, 0.1) is 12.8 Å². The van der Waals surface area contributed by atoms with E-state index in [4.69, 9.17) is 4.74 Å². The number of rotatable bonds is 4. The highest BCUT2D eigenvalue weighted by Crippen LogP contribution is 2.16. The standard InChI is InChI=1S/C14H18N2O/c1-11-6-12(2)8-14(7-11)17-5-4-13-9-15-16(3)10-13/h6-10H,4-5H2,1-3H3. The summed E-state index contributed by atoms with van der Waals surface area (Å²) < 4.78 is 7.56. The summed E-state index contributed by atoms with van der Waals surface area (Å²) in [5.41, 5.74) is 3.68. The number of hydrogen-bond donors (Lipinski definition) is 0. The molecule has 90 valence electrons. The minimum atomic E-state index is 0.689. The molecule has 0 atom stereocenters. The van der Waals surface area contributed by atoms with Gasteiger partial charge in [0, 0.05) is 19.7 Å². The number of hydrogen-bond acceptors (Lipinski definition) is 2. The van der Waals surface area contributed by atoms with E-state index in [2.05, 4.69) is 37.1 Å². The second-order valence-corrected chi connectivity index (χ2v) is 4.44. The Morgan fingerprint density at radius 2 is 1.88 bits per heavy atom. The van der Waals surface area contributed by atoms with Crippen LogP contribution in [0.1, 0.15) is 16.7 Å². The Morgan fingerprint density at radius 3 is 2.47 bits per heavy atom. The van der Waals surface area contributed by atoms with E-state index >= 15 is 0 Å². The van der Waals surface area contributed by atoms with E-state index in [9.17, 15) is 0 Å². The zero-order valence-corrected chi connectivity index (χ0v) is 10.6. The topological polar surface area (TPSA) is 27.1 Å². The van der Waals surface area contributed by atoms with Gasteiger partial charge in [0.2, 0.25) is 0 Å². The Kier molecular flexibility index (Phi) is 3.47. The van der Waals surface area contributed by atoms with Crippen molar-refractivity contribution >= 4 is 0 Å². The van der Waals surface area contributed by atoms with E-state index in [1.165, 1.54) is 16.7 Å². The number of aryl methyl sites for hydroxylation is 3. The Balaban J connectivity index is 1.89. The van der Waals surface area contributed by atoms with Crippen molar-refractivity contribution in [3.05, 3.63) is 47.3 Å². The molecule has 0 fully saturated rings. The maximum absolute atomic E-state index is 5.74. The van der Waals surface area contributed by atoms with Gasteiger partial charge in [-0.05, 0) is 42.7 Å². The molecule has 1 aromatic carbocycles. The van der Waals surface area contributed by atoms with Crippen molar-refractivity contribution in [1.29, 1.82) is 0 Å². The molecule has 0 unspecified atom stereocenters. The molecule has 0 spiro atoms. The third-order valence-electron chi connectivity index (χ3n) is 2.61. The summed E-state index contributed by atoms with van der Waals surface area (Å²) in [7, 11) is 1.92. The molecule has 2 aromatic rings. The van der Waals surface area contributed by atoms with Gasteiger partial charge in [-0.25, -0.2) is 0 Å². The van der Waals surface area contributed by atoms with E-state index in [0.717, 1.165) is 12.2 Å². The number of ether oxygens (including phenoxy) is 1. The van der Waals surface area contributed by atoms with Crippen LogP contribution in [0.4, 0.5) is 0 Å². The molecule has 0 N–H and O–H groups in total. The molecule has 2 rings (SSSR count). The van der Waals surface area contributed by atoms with Gasteiger partial charge < -0.3 is 4.74 Å². The molecule has 1 heterocycles. The van der Waals surface area contributed by atoms with Crippen LogP contribution < -0.4 is 4.74 Å². The van der Waals surface area contributed by atoms with E-state index in [1.54, 1.807) is 0 Å². The molecule has 3 heteroatoms. The van der Waals surface area contributed by atoms with Crippen LogP contribution in [0.5, 0.6) is 5.75 Å². The van der Waals surface area contributed by atoms with Crippen molar-refractivity contribution in [1.82, 2.24) is 9.78 Å². The molecule has 0 saturated carbocycles. The molecule has 0 aliphatic heterocycles. The van der Waals surface area contributed by atoms with Crippen LogP contribution in [0.3, 0.4) is 0 Å². The van der Waals surface area contributed by atoms with Crippen molar-refractivity contribution in [2.24, 2.45) is 7.05 Å². The van der Waals surface area contributed by atoms with Crippen molar-refractivity contribution in [2.45, 2.75) is 20.3 Å².